The molecule has 8 heteroatoms. The Kier molecular flexibility index (Phi) is 6.12. The van der Waals surface area contributed by atoms with Crippen LogP contribution in [0.5, 0.6) is 23.0 Å². The monoisotopic (exact) mass is 469 g/mol. The second kappa shape index (κ2) is 8.86. The van der Waals surface area contributed by atoms with Gasteiger partial charge in [0.25, 0.3) is 0 Å². The lowest BCUT2D eigenvalue weighted by molar-refractivity contribution is 0.241. The largest absolute Gasteiger partial charge is 0.496 e. The fourth-order valence-corrected chi connectivity index (χ4v) is 4.54. The topological polar surface area (TPSA) is 83.1 Å². The zero-order valence-electron chi connectivity index (χ0n) is 19.2. The zero-order chi connectivity index (χ0) is 23.8. The molecule has 1 aliphatic rings. The van der Waals surface area contributed by atoms with Crippen molar-refractivity contribution >= 4 is 15.7 Å². The molecule has 7 nitrogen and oxygen atoms in total. The lowest BCUT2D eigenvalue weighted by Crippen LogP contribution is -2.23. The van der Waals surface area contributed by atoms with E-state index in [2.05, 4.69) is 4.72 Å². The van der Waals surface area contributed by atoms with Crippen LogP contribution >= 0.6 is 0 Å². The van der Waals surface area contributed by atoms with E-state index in [1.54, 1.807) is 41.2 Å². The molecular weight excluding hydrogens is 442 g/mol. The molecule has 1 unspecified atom stereocenters. The number of rotatable bonds is 7. The number of anilines is 1. The van der Waals surface area contributed by atoms with Crippen molar-refractivity contribution < 1.29 is 27.4 Å². The second-order valence-corrected chi connectivity index (χ2v) is 10.2. The van der Waals surface area contributed by atoms with Crippen LogP contribution in [0, 0.1) is 0 Å². The molecule has 0 aliphatic carbocycles. The fourth-order valence-electron chi connectivity index (χ4n) is 3.85. The van der Waals surface area contributed by atoms with Crippen LogP contribution < -0.4 is 23.7 Å². The smallest absolute Gasteiger partial charge is 0.235 e. The Labute approximate surface area is 194 Å². The first kappa shape index (κ1) is 22.8. The van der Waals surface area contributed by atoms with Gasteiger partial charge >= 0.3 is 0 Å². The minimum atomic E-state index is -3.50. The van der Waals surface area contributed by atoms with Gasteiger partial charge in [0.2, 0.25) is 10.0 Å². The van der Waals surface area contributed by atoms with Crippen molar-refractivity contribution in [3.8, 4) is 34.1 Å². The van der Waals surface area contributed by atoms with E-state index >= 15 is 0 Å². The third-order valence-electron chi connectivity index (χ3n) is 5.65. The minimum absolute atomic E-state index is 0.467. The molecular formula is C25H27NO6S. The fraction of sp³-hybridized carbons (Fsp3) is 0.280. The molecule has 1 heterocycles. The number of nitrogens with one attached hydrogen (secondary N) is 1. The number of hydrogen-bond acceptors (Lipinski definition) is 6. The molecule has 174 valence electrons. The van der Waals surface area contributed by atoms with Crippen LogP contribution in [0.3, 0.4) is 0 Å². The summed E-state index contributed by atoms with van der Waals surface area (Å²) in [5.74, 6) is 2.54. The quantitative estimate of drug-likeness (QED) is 0.524. The second-order valence-electron chi connectivity index (χ2n) is 7.94. The van der Waals surface area contributed by atoms with Crippen molar-refractivity contribution in [2.75, 3.05) is 26.1 Å². The van der Waals surface area contributed by atoms with Gasteiger partial charge in [-0.2, -0.15) is 0 Å². The molecule has 0 radical (unpaired) electrons. The maximum Gasteiger partial charge on any atom is 0.235 e. The zero-order valence-corrected chi connectivity index (χ0v) is 20.0. The van der Waals surface area contributed by atoms with Gasteiger partial charge < -0.3 is 18.9 Å². The number of methoxy groups -OCH3 is 3. The van der Waals surface area contributed by atoms with Gasteiger partial charge in [-0.25, -0.2) is 8.42 Å². The summed E-state index contributed by atoms with van der Waals surface area (Å²) in [7, 11) is 1.27. The van der Waals surface area contributed by atoms with Crippen molar-refractivity contribution in [3.63, 3.8) is 0 Å². The highest BCUT2D eigenvalue weighted by Gasteiger charge is 2.31. The van der Waals surface area contributed by atoms with Crippen LogP contribution in [0.2, 0.25) is 0 Å². The van der Waals surface area contributed by atoms with E-state index in [0.717, 1.165) is 22.3 Å². The summed E-state index contributed by atoms with van der Waals surface area (Å²) in [4.78, 5) is 0. The molecule has 0 bridgehead atoms. The van der Waals surface area contributed by atoms with Gasteiger partial charge in [-0.1, -0.05) is 18.2 Å². The summed E-state index contributed by atoms with van der Waals surface area (Å²) < 4.78 is 50.5. The average Bonchev–Trinajstić information content (AvgIpc) is 2.82. The van der Waals surface area contributed by atoms with E-state index in [1.807, 2.05) is 48.5 Å². The number of fused-ring (bicyclic) bond motifs is 3. The molecule has 3 aromatic carbocycles. The van der Waals surface area contributed by atoms with E-state index < -0.39 is 21.4 Å². The first-order valence-corrected chi connectivity index (χ1v) is 12.0. The summed E-state index contributed by atoms with van der Waals surface area (Å²) in [6.07, 6.45) is -0.497. The predicted molar refractivity (Wildman–Crippen MR) is 128 cm³/mol. The molecule has 1 atom stereocenters. The maximum absolute atomic E-state index is 12.5. The molecule has 0 fully saturated rings. The molecule has 4 rings (SSSR count). The number of hydrogen-bond donors (Lipinski definition) is 1. The molecule has 3 aromatic rings. The lowest BCUT2D eigenvalue weighted by atomic mass is 9.88. The number of sulfonamides is 1. The standard InChI is InChI=1S/C25H27NO6S/c1-15(2)33(27,28)26-17-10-11-18-19(14-17)25(16-9-12-20(29-3)23(13-16)31-5)32-22-8-6-7-21(30-4)24(18)22/h6-15,25-26H,1-5H3. The van der Waals surface area contributed by atoms with Crippen molar-refractivity contribution in [2.45, 2.75) is 25.2 Å². The van der Waals surface area contributed by atoms with E-state index in [1.165, 1.54) is 0 Å². The van der Waals surface area contributed by atoms with Gasteiger partial charge in [0, 0.05) is 16.8 Å². The van der Waals surface area contributed by atoms with Gasteiger partial charge in [-0.05, 0) is 55.8 Å². The minimum Gasteiger partial charge on any atom is -0.496 e. The SMILES string of the molecule is COc1ccc(C2Oc3cccc(OC)c3-c3ccc(NS(=O)(=O)C(C)C)cc32)cc1OC. The third-order valence-corrected chi connectivity index (χ3v) is 7.41. The maximum atomic E-state index is 12.5. The first-order valence-electron chi connectivity index (χ1n) is 10.5. The van der Waals surface area contributed by atoms with Crippen LogP contribution in [0.4, 0.5) is 5.69 Å². The average molecular weight is 470 g/mol. The van der Waals surface area contributed by atoms with Crippen LogP contribution in [0.25, 0.3) is 11.1 Å². The molecule has 1 aliphatic heterocycles. The Balaban J connectivity index is 1.89. The Morgan fingerprint density at radius 1 is 0.879 bits per heavy atom. The van der Waals surface area contributed by atoms with Crippen LogP contribution in [-0.4, -0.2) is 35.0 Å². The van der Waals surface area contributed by atoms with Crippen molar-refractivity contribution in [1.82, 2.24) is 0 Å². The Hall–Kier alpha value is -3.39. The van der Waals surface area contributed by atoms with Gasteiger partial charge in [0.05, 0.1) is 32.1 Å². The van der Waals surface area contributed by atoms with E-state index in [-0.39, 0.29) is 0 Å². The van der Waals surface area contributed by atoms with Crippen molar-refractivity contribution in [2.24, 2.45) is 0 Å². The Bertz CT molecular complexity index is 1290. The summed E-state index contributed by atoms with van der Waals surface area (Å²) >= 11 is 0. The van der Waals surface area contributed by atoms with E-state index in [9.17, 15) is 8.42 Å². The van der Waals surface area contributed by atoms with E-state index in [4.69, 9.17) is 18.9 Å². The summed E-state index contributed by atoms with van der Waals surface area (Å²) in [5, 5.41) is -0.563. The van der Waals surface area contributed by atoms with Gasteiger partial charge in [0.1, 0.15) is 17.6 Å². The van der Waals surface area contributed by atoms with Gasteiger partial charge in [-0.15, -0.1) is 0 Å². The summed E-state index contributed by atoms with van der Waals surface area (Å²) in [6.45, 7) is 3.27. The molecule has 1 N–H and O–H groups in total. The lowest BCUT2D eigenvalue weighted by Gasteiger charge is -2.31. The Morgan fingerprint density at radius 3 is 2.27 bits per heavy atom. The number of benzene rings is 3. The highest BCUT2D eigenvalue weighted by atomic mass is 32.2. The summed E-state index contributed by atoms with van der Waals surface area (Å²) in [6, 6.07) is 16.7. The molecule has 0 amide bonds. The van der Waals surface area contributed by atoms with Gasteiger partial charge in [0.15, 0.2) is 11.5 Å². The van der Waals surface area contributed by atoms with Crippen molar-refractivity contribution in [3.05, 3.63) is 65.7 Å². The van der Waals surface area contributed by atoms with E-state index in [0.29, 0.717) is 28.7 Å². The third kappa shape index (κ3) is 4.18. The molecule has 33 heavy (non-hydrogen) atoms. The normalized spacial score (nSPS) is 14.7. The predicted octanol–water partition coefficient (Wildman–Crippen LogP) is 5.01. The van der Waals surface area contributed by atoms with Crippen molar-refractivity contribution in [1.29, 1.82) is 0 Å². The molecule has 0 aromatic heterocycles. The molecule has 0 saturated heterocycles. The Morgan fingerprint density at radius 2 is 1.61 bits per heavy atom. The van der Waals surface area contributed by atoms with Gasteiger partial charge in [-0.3, -0.25) is 4.72 Å². The highest BCUT2D eigenvalue weighted by molar-refractivity contribution is 7.93. The first-order chi connectivity index (χ1) is 15.8. The number of ether oxygens (including phenoxy) is 4. The molecule has 0 spiro atoms. The summed E-state index contributed by atoms with van der Waals surface area (Å²) in [5.41, 5.74) is 3.84. The van der Waals surface area contributed by atoms with Crippen LogP contribution in [-0.2, 0) is 10.0 Å². The van der Waals surface area contributed by atoms with Crippen LogP contribution in [0.1, 0.15) is 31.1 Å². The van der Waals surface area contributed by atoms with Crippen LogP contribution in [0.15, 0.2) is 54.6 Å². The highest BCUT2D eigenvalue weighted by Crippen LogP contribution is 2.50. The molecule has 0 saturated carbocycles.